The minimum atomic E-state index is -4.55. The lowest BCUT2D eigenvalue weighted by Gasteiger charge is -2.16. The number of carbonyl (C=O) groups excluding carboxylic acids is 1. The standard InChI is InChI=1S/C17H15BrF3NO4/c1-24-13-7-5-10(14(25-2)15(13)26-3)16(23)22-9-4-6-12(18)11(8-9)17(19,20)21/h4-8H,1-3H3,(H,22,23). The van der Waals surface area contributed by atoms with Gasteiger partial charge in [0.25, 0.3) is 5.91 Å². The molecule has 0 aliphatic heterocycles. The van der Waals surface area contributed by atoms with Crippen molar-refractivity contribution < 1.29 is 32.2 Å². The van der Waals surface area contributed by atoms with Crippen molar-refractivity contribution in [2.24, 2.45) is 0 Å². The molecule has 0 radical (unpaired) electrons. The van der Waals surface area contributed by atoms with Gasteiger partial charge in [0.2, 0.25) is 5.75 Å². The van der Waals surface area contributed by atoms with Gasteiger partial charge in [0.1, 0.15) is 0 Å². The fourth-order valence-electron chi connectivity index (χ4n) is 2.30. The smallest absolute Gasteiger partial charge is 0.417 e. The zero-order chi connectivity index (χ0) is 19.5. The molecule has 26 heavy (non-hydrogen) atoms. The number of methoxy groups -OCH3 is 3. The molecule has 1 N–H and O–H groups in total. The van der Waals surface area contributed by atoms with Gasteiger partial charge in [-0.15, -0.1) is 0 Å². The van der Waals surface area contributed by atoms with Crippen LogP contribution in [-0.4, -0.2) is 27.2 Å². The molecule has 2 rings (SSSR count). The first kappa shape index (κ1) is 19.9. The number of halogens is 4. The first-order valence-electron chi connectivity index (χ1n) is 7.20. The lowest BCUT2D eigenvalue weighted by molar-refractivity contribution is -0.138. The maximum absolute atomic E-state index is 13.0. The topological polar surface area (TPSA) is 56.8 Å². The van der Waals surface area contributed by atoms with Gasteiger partial charge in [-0.1, -0.05) is 15.9 Å². The lowest BCUT2D eigenvalue weighted by Crippen LogP contribution is -2.15. The fraction of sp³-hybridized carbons (Fsp3) is 0.235. The van der Waals surface area contributed by atoms with Gasteiger partial charge in [-0.05, 0) is 30.3 Å². The number of carbonyl (C=O) groups is 1. The highest BCUT2D eigenvalue weighted by atomic mass is 79.9. The summed E-state index contributed by atoms with van der Waals surface area (Å²) in [5, 5.41) is 2.43. The number of amides is 1. The predicted molar refractivity (Wildman–Crippen MR) is 93.2 cm³/mol. The van der Waals surface area contributed by atoms with E-state index < -0.39 is 17.6 Å². The van der Waals surface area contributed by atoms with Crippen molar-refractivity contribution in [3.63, 3.8) is 0 Å². The zero-order valence-electron chi connectivity index (χ0n) is 14.0. The summed E-state index contributed by atoms with van der Waals surface area (Å²) in [6.45, 7) is 0. The number of hydrogen-bond acceptors (Lipinski definition) is 4. The molecule has 0 spiro atoms. The van der Waals surface area contributed by atoms with Crippen molar-refractivity contribution >= 4 is 27.5 Å². The van der Waals surface area contributed by atoms with Crippen molar-refractivity contribution in [3.8, 4) is 17.2 Å². The van der Waals surface area contributed by atoms with E-state index in [0.717, 1.165) is 6.07 Å². The Bertz CT molecular complexity index is 824. The van der Waals surface area contributed by atoms with Crippen LogP contribution in [0.5, 0.6) is 17.2 Å². The van der Waals surface area contributed by atoms with E-state index in [4.69, 9.17) is 14.2 Å². The molecule has 0 bridgehead atoms. The normalized spacial score (nSPS) is 11.0. The molecule has 0 atom stereocenters. The monoisotopic (exact) mass is 433 g/mol. The maximum atomic E-state index is 13.0. The minimum Gasteiger partial charge on any atom is -0.493 e. The van der Waals surface area contributed by atoms with E-state index in [0.29, 0.717) is 5.75 Å². The highest BCUT2D eigenvalue weighted by Crippen LogP contribution is 2.40. The Labute approximate surface area is 156 Å². The van der Waals surface area contributed by atoms with Gasteiger partial charge in [0.05, 0.1) is 32.5 Å². The van der Waals surface area contributed by atoms with Crippen LogP contribution in [0.2, 0.25) is 0 Å². The Kier molecular flexibility index (Phi) is 6.01. The molecule has 2 aromatic carbocycles. The van der Waals surface area contributed by atoms with Gasteiger partial charge >= 0.3 is 6.18 Å². The van der Waals surface area contributed by atoms with Crippen LogP contribution in [0.3, 0.4) is 0 Å². The zero-order valence-corrected chi connectivity index (χ0v) is 15.6. The summed E-state index contributed by atoms with van der Waals surface area (Å²) in [4.78, 5) is 12.5. The van der Waals surface area contributed by atoms with Crippen LogP contribution in [0, 0.1) is 0 Å². The van der Waals surface area contributed by atoms with Crippen molar-refractivity contribution in [1.29, 1.82) is 0 Å². The first-order valence-corrected chi connectivity index (χ1v) is 7.99. The van der Waals surface area contributed by atoms with E-state index in [9.17, 15) is 18.0 Å². The quantitative estimate of drug-likeness (QED) is 0.739. The van der Waals surface area contributed by atoms with Crippen LogP contribution in [0.1, 0.15) is 15.9 Å². The molecule has 0 aliphatic carbocycles. The summed E-state index contributed by atoms with van der Waals surface area (Å²) in [5.41, 5.74) is -0.821. The highest BCUT2D eigenvalue weighted by Gasteiger charge is 2.33. The molecule has 9 heteroatoms. The van der Waals surface area contributed by atoms with E-state index in [-0.39, 0.29) is 27.2 Å². The SMILES string of the molecule is COc1ccc(C(=O)Nc2ccc(Br)c(C(F)(F)F)c2)c(OC)c1OC. The molecular weight excluding hydrogens is 419 g/mol. The van der Waals surface area contributed by atoms with Crippen molar-refractivity contribution in [1.82, 2.24) is 0 Å². The number of rotatable bonds is 5. The van der Waals surface area contributed by atoms with E-state index in [1.54, 1.807) is 0 Å². The molecule has 5 nitrogen and oxygen atoms in total. The van der Waals surface area contributed by atoms with Crippen LogP contribution in [0.25, 0.3) is 0 Å². The van der Waals surface area contributed by atoms with E-state index in [1.807, 2.05) is 0 Å². The molecule has 1 amide bonds. The Morgan fingerprint density at radius 1 is 1.00 bits per heavy atom. The maximum Gasteiger partial charge on any atom is 0.417 e. The van der Waals surface area contributed by atoms with Gasteiger partial charge in [-0.3, -0.25) is 4.79 Å². The minimum absolute atomic E-state index is 0.0117. The van der Waals surface area contributed by atoms with Crippen molar-refractivity contribution in [3.05, 3.63) is 45.9 Å². The lowest BCUT2D eigenvalue weighted by atomic mass is 10.1. The molecule has 0 heterocycles. The highest BCUT2D eigenvalue weighted by molar-refractivity contribution is 9.10. The van der Waals surface area contributed by atoms with Crippen LogP contribution in [0.15, 0.2) is 34.8 Å². The molecule has 0 saturated carbocycles. The summed E-state index contributed by atoms with van der Waals surface area (Å²) in [7, 11) is 4.15. The molecule has 2 aromatic rings. The van der Waals surface area contributed by atoms with E-state index in [1.165, 1.54) is 45.6 Å². The largest absolute Gasteiger partial charge is 0.493 e. The summed E-state index contributed by atoms with van der Waals surface area (Å²) in [5.74, 6) is 0.00842. The molecule has 0 fully saturated rings. The van der Waals surface area contributed by atoms with Crippen LogP contribution < -0.4 is 19.5 Å². The van der Waals surface area contributed by atoms with Crippen LogP contribution in [-0.2, 0) is 6.18 Å². The summed E-state index contributed by atoms with van der Waals surface area (Å²) < 4.78 is 54.4. The average Bonchev–Trinajstić information content (AvgIpc) is 2.60. The van der Waals surface area contributed by atoms with Gasteiger partial charge in [0, 0.05) is 10.2 Å². The molecule has 0 saturated heterocycles. The Balaban J connectivity index is 2.40. The number of hydrogen-bond donors (Lipinski definition) is 1. The van der Waals surface area contributed by atoms with Crippen molar-refractivity contribution in [2.75, 3.05) is 26.6 Å². The molecular formula is C17H15BrF3NO4. The molecule has 0 unspecified atom stereocenters. The summed E-state index contributed by atoms with van der Waals surface area (Å²) in [6.07, 6.45) is -4.55. The third-order valence-electron chi connectivity index (χ3n) is 3.48. The number of benzene rings is 2. The van der Waals surface area contributed by atoms with Crippen LogP contribution >= 0.6 is 15.9 Å². The second-order valence-corrected chi connectivity index (χ2v) is 5.88. The third kappa shape index (κ3) is 4.04. The molecule has 0 aliphatic rings. The number of ether oxygens (including phenoxy) is 3. The predicted octanol–water partition coefficient (Wildman–Crippen LogP) is 4.75. The molecule has 0 aromatic heterocycles. The van der Waals surface area contributed by atoms with E-state index >= 15 is 0 Å². The van der Waals surface area contributed by atoms with Crippen molar-refractivity contribution in [2.45, 2.75) is 6.18 Å². The number of anilines is 1. The summed E-state index contributed by atoms with van der Waals surface area (Å²) >= 11 is 2.85. The van der Waals surface area contributed by atoms with Gasteiger partial charge in [-0.2, -0.15) is 13.2 Å². The third-order valence-corrected chi connectivity index (χ3v) is 4.17. The van der Waals surface area contributed by atoms with Gasteiger partial charge in [0.15, 0.2) is 11.5 Å². The second kappa shape index (κ2) is 7.86. The first-order chi connectivity index (χ1) is 12.2. The summed E-state index contributed by atoms with van der Waals surface area (Å²) in [6, 6.07) is 6.34. The molecule has 140 valence electrons. The average molecular weight is 434 g/mol. The fourth-order valence-corrected chi connectivity index (χ4v) is 2.77. The van der Waals surface area contributed by atoms with Gasteiger partial charge in [-0.25, -0.2) is 0 Å². The van der Waals surface area contributed by atoms with Gasteiger partial charge < -0.3 is 19.5 Å². The Hall–Kier alpha value is -2.42. The Morgan fingerprint density at radius 2 is 1.65 bits per heavy atom. The number of alkyl halides is 3. The van der Waals surface area contributed by atoms with Crippen LogP contribution in [0.4, 0.5) is 18.9 Å². The number of nitrogens with one attached hydrogen (secondary N) is 1. The second-order valence-electron chi connectivity index (χ2n) is 5.03. The van der Waals surface area contributed by atoms with E-state index in [2.05, 4.69) is 21.2 Å². The Morgan fingerprint density at radius 3 is 2.19 bits per heavy atom.